The van der Waals surface area contributed by atoms with Gasteiger partial charge in [-0.3, -0.25) is 4.79 Å². The van der Waals surface area contributed by atoms with Crippen LogP contribution in [0.1, 0.15) is 31.2 Å². The van der Waals surface area contributed by atoms with Crippen LogP contribution in [0.3, 0.4) is 0 Å². The van der Waals surface area contributed by atoms with E-state index in [0.29, 0.717) is 6.54 Å². The number of halogens is 1. The first-order valence-corrected chi connectivity index (χ1v) is 6.87. The Morgan fingerprint density at radius 2 is 1.95 bits per heavy atom. The quantitative estimate of drug-likeness (QED) is 0.872. The van der Waals surface area contributed by atoms with Crippen molar-refractivity contribution in [3.8, 4) is 11.5 Å². The summed E-state index contributed by atoms with van der Waals surface area (Å²) in [5.41, 5.74) is 6.30. The van der Waals surface area contributed by atoms with E-state index in [1.807, 2.05) is 18.2 Å². The van der Waals surface area contributed by atoms with Gasteiger partial charge in [-0.05, 0) is 31.0 Å². The maximum Gasteiger partial charge on any atom is 0.240 e. The molecule has 1 aliphatic rings. The fourth-order valence-electron chi connectivity index (χ4n) is 2.60. The predicted octanol–water partition coefficient (Wildman–Crippen LogP) is 2.01. The van der Waals surface area contributed by atoms with Crippen molar-refractivity contribution in [2.24, 2.45) is 5.73 Å². The summed E-state index contributed by atoms with van der Waals surface area (Å²) in [7, 11) is 3.21. The maximum absolute atomic E-state index is 12.2. The molecule has 0 bridgehead atoms. The molecule has 1 aromatic rings. The van der Waals surface area contributed by atoms with Gasteiger partial charge in [-0.15, -0.1) is 12.4 Å². The van der Waals surface area contributed by atoms with Crippen molar-refractivity contribution in [3.63, 3.8) is 0 Å². The van der Waals surface area contributed by atoms with Crippen LogP contribution >= 0.6 is 12.4 Å². The third kappa shape index (κ3) is 4.02. The molecule has 0 radical (unpaired) electrons. The molecule has 0 atom stereocenters. The molecule has 1 saturated carbocycles. The number of ether oxygens (including phenoxy) is 2. The zero-order chi connectivity index (χ0) is 14.6. The minimum absolute atomic E-state index is 0. The number of rotatable bonds is 5. The minimum Gasteiger partial charge on any atom is -0.497 e. The number of amides is 1. The fourth-order valence-corrected chi connectivity index (χ4v) is 2.60. The molecular formula is C15H23ClN2O3. The van der Waals surface area contributed by atoms with Gasteiger partial charge in [-0.25, -0.2) is 0 Å². The van der Waals surface area contributed by atoms with Crippen molar-refractivity contribution in [3.05, 3.63) is 23.8 Å². The molecule has 5 nitrogen and oxygen atoms in total. The van der Waals surface area contributed by atoms with Crippen LogP contribution in [-0.2, 0) is 11.3 Å². The van der Waals surface area contributed by atoms with E-state index >= 15 is 0 Å². The van der Waals surface area contributed by atoms with Gasteiger partial charge in [0.1, 0.15) is 11.5 Å². The first-order valence-electron chi connectivity index (χ1n) is 6.87. The van der Waals surface area contributed by atoms with Gasteiger partial charge in [-0.2, -0.15) is 0 Å². The average molecular weight is 315 g/mol. The lowest BCUT2D eigenvalue weighted by Gasteiger charge is -2.22. The lowest BCUT2D eigenvalue weighted by Crippen LogP contribution is -2.51. The van der Waals surface area contributed by atoms with Crippen LogP contribution in [0.15, 0.2) is 18.2 Å². The van der Waals surface area contributed by atoms with E-state index in [0.717, 1.165) is 42.7 Å². The Morgan fingerprint density at radius 3 is 2.52 bits per heavy atom. The SMILES string of the molecule is COc1ccc(OC)c(CNC(=O)C2(N)CCCC2)c1.Cl. The highest BCUT2D eigenvalue weighted by molar-refractivity contribution is 5.86. The standard InChI is InChI=1S/C15H22N2O3.ClH/c1-19-12-5-6-13(20-2)11(9-12)10-17-14(18)15(16)7-3-4-8-15;/h5-6,9H,3-4,7-8,10,16H2,1-2H3,(H,17,18);1H. The first kappa shape index (κ1) is 17.6. The number of nitrogens with one attached hydrogen (secondary N) is 1. The molecule has 0 unspecified atom stereocenters. The maximum atomic E-state index is 12.2. The van der Waals surface area contributed by atoms with Gasteiger partial charge in [0.25, 0.3) is 0 Å². The van der Waals surface area contributed by atoms with Gasteiger partial charge in [0, 0.05) is 12.1 Å². The summed E-state index contributed by atoms with van der Waals surface area (Å²) in [6.45, 7) is 0.387. The molecule has 0 aromatic heterocycles. The molecule has 0 spiro atoms. The molecule has 118 valence electrons. The van der Waals surface area contributed by atoms with Gasteiger partial charge in [0.15, 0.2) is 0 Å². The zero-order valence-electron chi connectivity index (χ0n) is 12.5. The average Bonchev–Trinajstić information content (AvgIpc) is 2.92. The molecule has 1 aromatic carbocycles. The second kappa shape index (κ2) is 7.52. The Balaban J connectivity index is 0.00000220. The van der Waals surface area contributed by atoms with Crippen LogP contribution in [-0.4, -0.2) is 25.7 Å². The number of carbonyl (C=O) groups excluding carboxylic acids is 1. The van der Waals surface area contributed by atoms with E-state index in [-0.39, 0.29) is 18.3 Å². The van der Waals surface area contributed by atoms with Crippen molar-refractivity contribution in [2.75, 3.05) is 14.2 Å². The predicted molar refractivity (Wildman–Crippen MR) is 84.0 cm³/mol. The fraction of sp³-hybridized carbons (Fsp3) is 0.533. The van der Waals surface area contributed by atoms with Crippen LogP contribution in [0.2, 0.25) is 0 Å². The molecule has 0 heterocycles. The van der Waals surface area contributed by atoms with E-state index in [2.05, 4.69) is 5.32 Å². The molecule has 1 aliphatic carbocycles. The van der Waals surface area contributed by atoms with Crippen molar-refractivity contribution in [2.45, 2.75) is 37.8 Å². The molecule has 2 rings (SSSR count). The van der Waals surface area contributed by atoms with Gasteiger partial charge in [0.05, 0.1) is 19.8 Å². The lowest BCUT2D eigenvalue weighted by atomic mass is 9.98. The molecule has 0 aliphatic heterocycles. The van der Waals surface area contributed by atoms with Crippen LogP contribution in [0.25, 0.3) is 0 Å². The Kier molecular flexibility index (Phi) is 6.30. The highest BCUT2D eigenvalue weighted by Crippen LogP contribution is 2.28. The van der Waals surface area contributed by atoms with Crippen LogP contribution in [0.4, 0.5) is 0 Å². The minimum atomic E-state index is -0.702. The lowest BCUT2D eigenvalue weighted by molar-refractivity contribution is -0.126. The summed E-state index contributed by atoms with van der Waals surface area (Å²) in [4.78, 5) is 12.2. The van der Waals surface area contributed by atoms with Gasteiger partial charge in [-0.1, -0.05) is 12.8 Å². The number of methoxy groups -OCH3 is 2. The third-order valence-electron chi connectivity index (χ3n) is 3.87. The van der Waals surface area contributed by atoms with Crippen LogP contribution < -0.4 is 20.5 Å². The summed E-state index contributed by atoms with van der Waals surface area (Å²) in [6, 6.07) is 5.51. The summed E-state index contributed by atoms with van der Waals surface area (Å²) in [5.74, 6) is 1.38. The van der Waals surface area contributed by atoms with E-state index in [1.54, 1.807) is 14.2 Å². The number of carbonyl (C=O) groups is 1. The van der Waals surface area contributed by atoms with Gasteiger partial charge < -0.3 is 20.5 Å². The Hall–Kier alpha value is -1.46. The number of hydrogen-bond donors (Lipinski definition) is 2. The van der Waals surface area contributed by atoms with E-state index in [4.69, 9.17) is 15.2 Å². The molecule has 1 fully saturated rings. The second-order valence-corrected chi connectivity index (χ2v) is 5.22. The number of hydrogen-bond acceptors (Lipinski definition) is 4. The van der Waals surface area contributed by atoms with E-state index in [1.165, 1.54) is 0 Å². The van der Waals surface area contributed by atoms with Crippen LogP contribution in [0.5, 0.6) is 11.5 Å². The summed E-state index contributed by atoms with van der Waals surface area (Å²) < 4.78 is 10.5. The Bertz CT molecular complexity index is 488. The van der Waals surface area contributed by atoms with Gasteiger partial charge in [0.2, 0.25) is 5.91 Å². The molecule has 1 amide bonds. The Morgan fingerprint density at radius 1 is 1.29 bits per heavy atom. The first-order chi connectivity index (χ1) is 9.59. The highest BCUT2D eigenvalue weighted by Gasteiger charge is 2.36. The van der Waals surface area contributed by atoms with Crippen molar-refractivity contribution in [1.29, 1.82) is 0 Å². The molecule has 21 heavy (non-hydrogen) atoms. The summed E-state index contributed by atoms with van der Waals surface area (Å²) in [6.07, 6.45) is 3.56. The normalized spacial score (nSPS) is 16.0. The highest BCUT2D eigenvalue weighted by atomic mass is 35.5. The molecule has 0 saturated heterocycles. The van der Waals surface area contributed by atoms with E-state index in [9.17, 15) is 4.79 Å². The smallest absolute Gasteiger partial charge is 0.240 e. The second-order valence-electron chi connectivity index (χ2n) is 5.22. The topological polar surface area (TPSA) is 73.6 Å². The largest absolute Gasteiger partial charge is 0.497 e. The monoisotopic (exact) mass is 314 g/mol. The Labute approximate surface area is 131 Å². The zero-order valence-corrected chi connectivity index (χ0v) is 13.3. The number of benzene rings is 1. The number of nitrogens with two attached hydrogens (primary N) is 1. The summed E-state index contributed by atoms with van der Waals surface area (Å²) in [5, 5.41) is 2.91. The molecule has 6 heteroatoms. The molecular weight excluding hydrogens is 292 g/mol. The van der Waals surface area contributed by atoms with Crippen molar-refractivity contribution >= 4 is 18.3 Å². The van der Waals surface area contributed by atoms with E-state index < -0.39 is 5.54 Å². The molecule has 3 N–H and O–H groups in total. The van der Waals surface area contributed by atoms with Crippen molar-refractivity contribution < 1.29 is 14.3 Å². The summed E-state index contributed by atoms with van der Waals surface area (Å²) >= 11 is 0. The van der Waals surface area contributed by atoms with Crippen LogP contribution in [0, 0.1) is 0 Å². The van der Waals surface area contributed by atoms with Gasteiger partial charge >= 0.3 is 0 Å². The third-order valence-corrected chi connectivity index (χ3v) is 3.87. The van der Waals surface area contributed by atoms with Crippen molar-refractivity contribution in [1.82, 2.24) is 5.32 Å².